The molecule has 0 atom stereocenters. The van der Waals surface area contributed by atoms with Gasteiger partial charge in [0.2, 0.25) is 5.91 Å². The second kappa shape index (κ2) is 6.32. The van der Waals surface area contributed by atoms with Gasteiger partial charge in [0.15, 0.2) is 0 Å². The molecule has 1 saturated carbocycles. The van der Waals surface area contributed by atoms with Gasteiger partial charge in [-0.3, -0.25) is 9.59 Å². The Morgan fingerprint density at radius 3 is 2.55 bits per heavy atom. The monoisotopic (exact) mass is 277 g/mol. The van der Waals surface area contributed by atoms with Crippen molar-refractivity contribution in [1.29, 1.82) is 0 Å². The molecule has 1 aromatic rings. The standard InChI is InChI=1S/C15H16FNO3/c16-12-6-4-10(5-7-12)2-1-3-14(18)17-13-8-11(9-13)15(19)20/h1-2,4-7,11,13H,3,8-9H2,(H,17,18)(H,19,20). The molecule has 0 spiro atoms. The molecule has 0 radical (unpaired) electrons. The van der Waals surface area contributed by atoms with Crippen molar-refractivity contribution in [2.24, 2.45) is 5.92 Å². The summed E-state index contributed by atoms with van der Waals surface area (Å²) in [5.74, 6) is -1.54. The van der Waals surface area contributed by atoms with Crippen LogP contribution < -0.4 is 5.32 Å². The molecular weight excluding hydrogens is 261 g/mol. The van der Waals surface area contributed by atoms with Crippen LogP contribution >= 0.6 is 0 Å². The van der Waals surface area contributed by atoms with Crippen LogP contribution in [-0.4, -0.2) is 23.0 Å². The summed E-state index contributed by atoms with van der Waals surface area (Å²) in [6.07, 6.45) is 4.69. The second-order valence-electron chi connectivity index (χ2n) is 4.93. The lowest BCUT2D eigenvalue weighted by Crippen LogP contribution is -2.46. The number of hydrogen-bond acceptors (Lipinski definition) is 2. The number of benzene rings is 1. The van der Waals surface area contributed by atoms with Crippen molar-refractivity contribution >= 4 is 18.0 Å². The van der Waals surface area contributed by atoms with E-state index in [9.17, 15) is 14.0 Å². The normalized spacial score (nSPS) is 21.4. The highest BCUT2D eigenvalue weighted by atomic mass is 19.1. The van der Waals surface area contributed by atoms with Crippen molar-refractivity contribution in [3.05, 3.63) is 41.7 Å². The Hall–Kier alpha value is -2.17. The molecule has 4 nitrogen and oxygen atoms in total. The van der Waals surface area contributed by atoms with Gasteiger partial charge in [-0.15, -0.1) is 0 Å². The molecule has 1 aromatic carbocycles. The lowest BCUT2D eigenvalue weighted by Gasteiger charge is -2.32. The third kappa shape index (κ3) is 3.91. The lowest BCUT2D eigenvalue weighted by atomic mass is 9.80. The highest BCUT2D eigenvalue weighted by Gasteiger charge is 2.34. The molecule has 1 fully saturated rings. The van der Waals surface area contributed by atoms with Gasteiger partial charge in [0, 0.05) is 12.5 Å². The summed E-state index contributed by atoms with van der Waals surface area (Å²) in [6.45, 7) is 0. The van der Waals surface area contributed by atoms with Crippen molar-refractivity contribution < 1.29 is 19.1 Å². The van der Waals surface area contributed by atoms with E-state index >= 15 is 0 Å². The number of nitrogens with one attached hydrogen (secondary N) is 1. The predicted octanol–water partition coefficient (Wildman–Crippen LogP) is 2.21. The Morgan fingerprint density at radius 1 is 1.30 bits per heavy atom. The summed E-state index contributed by atoms with van der Waals surface area (Å²) in [6, 6.07) is 5.96. The van der Waals surface area contributed by atoms with E-state index in [-0.39, 0.29) is 30.1 Å². The van der Waals surface area contributed by atoms with E-state index in [1.165, 1.54) is 12.1 Å². The summed E-state index contributed by atoms with van der Waals surface area (Å²) < 4.78 is 12.7. The molecule has 106 valence electrons. The topological polar surface area (TPSA) is 66.4 Å². The number of amides is 1. The average Bonchev–Trinajstić information content (AvgIpc) is 2.35. The number of aliphatic carboxylic acids is 1. The molecule has 1 amide bonds. The van der Waals surface area contributed by atoms with Gasteiger partial charge in [0.25, 0.3) is 0 Å². The fourth-order valence-corrected chi connectivity index (χ4v) is 2.10. The Morgan fingerprint density at radius 2 is 1.95 bits per heavy atom. The molecule has 2 N–H and O–H groups in total. The molecule has 1 aliphatic carbocycles. The minimum Gasteiger partial charge on any atom is -0.481 e. The second-order valence-corrected chi connectivity index (χ2v) is 4.93. The van der Waals surface area contributed by atoms with Gasteiger partial charge in [-0.25, -0.2) is 4.39 Å². The SMILES string of the molecule is O=C(CC=Cc1ccc(F)cc1)NC1CC(C(=O)O)C1. The number of carboxylic acid groups (broad SMARTS) is 1. The average molecular weight is 277 g/mol. The van der Waals surface area contributed by atoms with E-state index in [1.807, 2.05) is 0 Å². The number of rotatable bonds is 5. The molecule has 0 aliphatic heterocycles. The van der Waals surface area contributed by atoms with Gasteiger partial charge < -0.3 is 10.4 Å². The van der Waals surface area contributed by atoms with Crippen LogP contribution in [0.25, 0.3) is 6.08 Å². The van der Waals surface area contributed by atoms with Crippen molar-refractivity contribution in [3.8, 4) is 0 Å². The first-order valence-electron chi connectivity index (χ1n) is 6.49. The molecule has 1 aliphatic rings. The number of hydrogen-bond donors (Lipinski definition) is 2. The van der Waals surface area contributed by atoms with E-state index in [0.717, 1.165) is 5.56 Å². The first kappa shape index (κ1) is 14.2. The molecule has 2 rings (SSSR count). The van der Waals surface area contributed by atoms with Crippen molar-refractivity contribution in [2.45, 2.75) is 25.3 Å². The van der Waals surface area contributed by atoms with Crippen molar-refractivity contribution in [3.63, 3.8) is 0 Å². The minimum absolute atomic E-state index is 0.0252. The minimum atomic E-state index is -0.799. The van der Waals surface area contributed by atoms with Crippen molar-refractivity contribution in [1.82, 2.24) is 5.32 Å². The molecule has 0 saturated heterocycles. The van der Waals surface area contributed by atoms with Crippen LogP contribution in [0.2, 0.25) is 0 Å². The van der Waals surface area contributed by atoms with Gasteiger partial charge in [-0.05, 0) is 30.5 Å². The van der Waals surface area contributed by atoms with Gasteiger partial charge in [0.1, 0.15) is 5.82 Å². The summed E-state index contributed by atoms with van der Waals surface area (Å²) in [5, 5.41) is 11.5. The largest absolute Gasteiger partial charge is 0.481 e. The Kier molecular flexibility index (Phi) is 4.50. The third-order valence-corrected chi connectivity index (χ3v) is 3.34. The van der Waals surface area contributed by atoms with Crippen LogP contribution in [0.15, 0.2) is 30.3 Å². The zero-order chi connectivity index (χ0) is 14.5. The van der Waals surface area contributed by atoms with E-state index < -0.39 is 5.97 Å². The zero-order valence-electron chi connectivity index (χ0n) is 10.9. The van der Waals surface area contributed by atoms with Gasteiger partial charge in [0.05, 0.1) is 5.92 Å². The van der Waals surface area contributed by atoms with E-state index in [4.69, 9.17) is 5.11 Å². The van der Waals surface area contributed by atoms with Crippen LogP contribution in [-0.2, 0) is 9.59 Å². The number of carbonyl (C=O) groups excluding carboxylic acids is 1. The first-order valence-corrected chi connectivity index (χ1v) is 6.49. The van der Waals surface area contributed by atoms with E-state index in [0.29, 0.717) is 12.8 Å². The number of halogens is 1. The molecule has 20 heavy (non-hydrogen) atoms. The van der Waals surface area contributed by atoms with E-state index in [2.05, 4.69) is 5.32 Å². The smallest absolute Gasteiger partial charge is 0.306 e. The molecule has 0 unspecified atom stereocenters. The Labute approximate surface area is 116 Å². The fraction of sp³-hybridized carbons (Fsp3) is 0.333. The van der Waals surface area contributed by atoms with E-state index in [1.54, 1.807) is 24.3 Å². The lowest BCUT2D eigenvalue weighted by molar-refractivity contribution is -0.146. The van der Waals surface area contributed by atoms with Gasteiger partial charge >= 0.3 is 5.97 Å². The van der Waals surface area contributed by atoms with Gasteiger partial charge in [-0.2, -0.15) is 0 Å². The maximum Gasteiger partial charge on any atom is 0.306 e. The van der Waals surface area contributed by atoms with Gasteiger partial charge in [-0.1, -0.05) is 24.3 Å². The molecule has 0 aromatic heterocycles. The number of carbonyl (C=O) groups is 2. The first-order chi connectivity index (χ1) is 9.54. The van der Waals surface area contributed by atoms with Crippen LogP contribution in [0.4, 0.5) is 4.39 Å². The molecular formula is C15H16FNO3. The molecule has 0 bridgehead atoms. The quantitative estimate of drug-likeness (QED) is 0.867. The predicted molar refractivity (Wildman–Crippen MR) is 72.3 cm³/mol. The van der Waals surface area contributed by atoms with Crippen molar-refractivity contribution in [2.75, 3.05) is 0 Å². The summed E-state index contributed by atoms with van der Waals surface area (Å²) >= 11 is 0. The maximum absolute atomic E-state index is 12.7. The Bertz CT molecular complexity index is 518. The molecule has 0 heterocycles. The zero-order valence-corrected chi connectivity index (χ0v) is 10.9. The number of carboxylic acids is 1. The highest BCUT2D eigenvalue weighted by Crippen LogP contribution is 2.27. The summed E-state index contributed by atoms with van der Waals surface area (Å²) in [7, 11) is 0. The summed E-state index contributed by atoms with van der Waals surface area (Å²) in [4.78, 5) is 22.2. The molecule has 5 heteroatoms. The van der Waals surface area contributed by atoms with Crippen LogP contribution in [0, 0.1) is 11.7 Å². The Balaban J connectivity index is 1.70. The summed E-state index contributed by atoms with van der Waals surface area (Å²) in [5.41, 5.74) is 0.828. The van der Waals surface area contributed by atoms with Crippen LogP contribution in [0.3, 0.4) is 0 Å². The highest BCUT2D eigenvalue weighted by molar-refractivity contribution is 5.79. The van der Waals surface area contributed by atoms with Crippen LogP contribution in [0.1, 0.15) is 24.8 Å². The third-order valence-electron chi connectivity index (χ3n) is 3.34. The van der Waals surface area contributed by atoms with Crippen LogP contribution in [0.5, 0.6) is 0 Å². The fourth-order valence-electron chi connectivity index (χ4n) is 2.10. The maximum atomic E-state index is 12.7.